The van der Waals surface area contributed by atoms with E-state index < -0.39 is 23.2 Å². The van der Waals surface area contributed by atoms with Crippen molar-refractivity contribution in [3.63, 3.8) is 0 Å². The molecule has 3 aromatic carbocycles. The predicted octanol–water partition coefficient (Wildman–Crippen LogP) is 8.41. The van der Waals surface area contributed by atoms with Crippen LogP contribution in [0.25, 0.3) is 33.6 Å². The third-order valence-corrected chi connectivity index (χ3v) is 11.2. The van der Waals surface area contributed by atoms with Crippen LogP contribution in [0.1, 0.15) is 35.0 Å². The van der Waals surface area contributed by atoms with Gasteiger partial charge in [-0.1, -0.05) is 0 Å². The average molecular weight is 515 g/mol. The normalized spacial score (nSPS) is 17.2. The van der Waals surface area contributed by atoms with Crippen molar-refractivity contribution in [3.8, 4) is 0 Å². The molecule has 32 heavy (non-hydrogen) atoms. The molecule has 4 aromatic rings. The van der Waals surface area contributed by atoms with Gasteiger partial charge in [-0.2, -0.15) is 0 Å². The first-order valence-electron chi connectivity index (χ1n) is 11.0. The summed E-state index contributed by atoms with van der Waals surface area (Å²) >= 11 is 3.80. The molecule has 0 N–H and O–H groups in total. The Morgan fingerprint density at radius 2 is 1.41 bits per heavy atom. The summed E-state index contributed by atoms with van der Waals surface area (Å²) < 4.78 is 4.86. The van der Waals surface area contributed by atoms with Gasteiger partial charge in [-0.05, 0) is 0 Å². The second-order valence-corrected chi connectivity index (χ2v) is 12.0. The van der Waals surface area contributed by atoms with Gasteiger partial charge in [-0.3, -0.25) is 0 Å². The molecular weight excluding hydrogens is 489 g/mol. The zero-order valence-corrected chi connectivity index (χ0v) is 21.9. The van der Waals surface area contributed by atoms with Gasteiger partial charge in [-0.15, -0.1) is 11.6 Å². The molecule has 2 aliphatic rings. The molecule has 1 aromatic heterocycles. The molecule has 1 heterocycles. The predicted molar refractivity (Wildman–Crippen MR) is 136 cm³/mol. The number of para-hydroxylation sites is 2. The van der Waals surface area contributed by atoms with Crippen molar-refractivity contribution in [2.24, 2.45) is 0 Å². The van der Waals surface area contributed by atoms with E-state index in [2.05, 4.69) is 115 Å². The largest absolute Gasteiger partial charge is 0.130 e. The van der Waals surface area contributed by atoms with Crippen molar-refractivity contribution in [2.45, 2.75) is 23.9 Å². The average Bonchev–Trinajstić information content (AvgIpc) is 3.48. The Balaban J connectivity index is 0.00000105. The number of hydrogen-bond acceptors (Lipinski definition) is 0. The molecule has 0 saturated heterocycles. The molecule has 1 unspecified atom stereocenters. The topological polar surface area (TPSA) is 4.93 Å². The molecule has 158 valence electrons. The number of allylic oxidation sites excluding steroid dienone is 5. The Morgan fingerprint density at radius 1 is 0.812 bits per heavy atom. The maximum atomic E-state index is 4.64. The first-order valence-corrected chi connectivity index (χ1v) is 14.4. The second-order valence-electron chi connectivity index (χ2n) is 8.34. The number of benzene rings is 3. The van der Waals surface area contributed by atoms with E-state index in [0.29, 0.717) is 3.63 Å². The Hall–Kier alpha value is -2.15. The van der Waals surface area contributed by atoms with Crippen LogP contribution in [0.5, 0.6) is 0 Å². The van der Waals surface area contributed by atoms with Crippen molar-refractivity contribution in [2.75, 3.05) is 6.38 Å². The van der Waals surface area contributed by atoms with Gasteiger partial charge >= 0.3 is 190 Å². The van der Waals surface area contributed by atoms with Gasteiger partial charge in [0.25, 0.3) is 0 Å². The number of halogens is 1. The Morgan fingerprint density at radius 3 is 2.03 bits per heavy atom. The molecule has 0 radical (unpaired) electrons. The zero-order valence-electron chi connectivity index (χ0n) is 18.7. The molecular formula is C29H26ClNZr. The first kappa shape index (κ1) is 21.7. The summed E-state index contributed by atoms with van der Waals surface area (Å²) in [6.45, 7) is 4.60. The van der Waals surface area contributed by atoms with Gasteiger partial charge in [0, 0.05) is 6.38 Å². The van der Waals surface area contributed by atoms with E-state index in [4.69, 9.17) is 0 Å². The summed E-state index contributed by atoms with van der Waals surface area (Å²) in [7, 11) is 0. The van der Waals surface area contributed by atoms with Crippen LogP contribution in [0, 0.1) is 0 Å². The third kappa shape index (κ3) is 3.49. The van der Waals surface area contributed by atoms with Crippen LogP contribution >= 0.6 is 11.6 Å². The molecule has 0 bridgehead atoms. The van der Waals surface area contributed by atoms with Gasteiger partial charge in [0.05, 0.1) is 0 Å². The van der Waals surface area contributed by atoms with Gasteiger partial charge in [0.1, 0.15) is 0 Å². The SMILES string of the molecule is CC1=CC[C]([Zr][CH]2C(n3c4ccccc4c4ccccc43)=Cc3ccccc32)=C1C.CCl. The summed E-state index contributed by atoms with van der Waals surface area (Å²) in [5, 5.41) is 2.70. The summed E-state index contributed by atoms with van der Waals surface area (Å²) in [6, 6.07) is 26.8. The molecule has 0 amide bonds. The standard InChI is InChI=1S/C21H14N.C7H9.CH3Cl.Zr/c1-2-8-16-14-17(13-15(16)7-1)22-20-11-5-3-9-18(20)19-10-4-6-12-21(19)22;1-6-4-3-5-7(6)2;1-2;/h1-14H;4H,3H2,1-2H3;1H3;. The summed E-state index contributed by atoms with van der Waals surface area (Å²) in [6.07, 6.45) is 7.53. The fourth-order valence-corrected chi connectivity index (χ4v) is 9.32. The van der Waals surface area contributed by atoms with Gasteiger partial charge in [0.2, 0.25) is 0 Å². The summed E-state index contributed by atoms with van der Waals surface area (Å²) in [5.41, 5.74) is 10.1. The van der Waals surface area contributed by atoms with Gasteiger partial charge in [0.15, 0.2) is 0 Å². The van der Waals surface area contributed by atoms with E-state index in [1.807, 2.05) is 0 Å². The molecule has 1 nitrogen and oxygen atoms in total. The number of rotatable bonds is 3. The summed E-state index contributed by atoms with van der Waals surface area (Å²) in [5.74, 6) is 0. The van der Waals surface area contributed by atoms with Crippen LogP contribution in [0.2, 0.25) is 0 Å². The maximum absolute atomic E-state index is 4.64. The monoisotopic (exact) mass is 513 g/mol. The van der Waals surface area contributed by atoms with Crippen LogP contribution < -0.4 is 0 Å². The molecule has 0 fully saturated rings. The Kier molecular flexibility index (Phi) is 6.10. The van der Waals surface area contributed by atoms with E-state index in [1.165, 1.54) is 57.0 Å². The van der Waals surface area contributed by atoms with Crippen molar-refractivity contribution < 1.29 is 23.2 Å². The number of alkyl halides is 1. The summed E-state index contributed by atoms with van der Waals surface area (Å²) in [4.78, 5) is 0. The van der Waals surface area contributed by atoms with Crippen LogP contribution in [0.15, 0.2) is 93.3 Å². The number of fused-ring (bicyclic) bond motifs is 4. The Bertz CT molecular complexity index is 1370. The fraction of sp³-hybridized carbons (Fsp3) is 0.172. The smallest absolute Gasteiger partial charge is 0.0108 e. The van der Waals surface area contributed by atoms with Crippen LogP contribution in [0.3, 0.4) is 0 Å². The molecule has 1 atom stereocenters. The maximum Gasteiger partial charge on any atom is 0.0108 e. The van der Waals surface area contributed by atoms with Crippen LogP contribution in [0.4, 0.5) is 0 Å². The third-order valence-electron chi connectivity index (χ3n) is 6.72. The minimum absolute atomic E-state index is 0.549. The van der Waals surface area contributed by atoms with Gasteiger partial charge < -0.3 is 0 Å². The van der Waals surface area contributed by atoms with Crippen molar-refractivity contribution in [1.29, 1.82) is 0 Å². The van der Waals surface area contributed by atoms with Crippen molar-refractivity contribution in [1.82, 2.24) is 4.57 Å². The molecule has 3 heteroatoms. The quantitative estimate of drug-likeness (QED) is 0.242. The van der Waals surface area contributed by atoms with Crippen LogP contribution in [-0.4, -0.2) is 11.0 Å². The van der Waals surface area contributed by atoms with Gasteiger partial charge in [-0.25, -0.2) is 0 Å². The van der Waals surface area contributed by atoms with E-state index in [0.717, 1.165) is 0 Å². The fourth-order valence-electron chi connectivity index (χ4n) is 4.99. The van der Waals surface area contributed by atoms with E-state index in [9.17, 15) is 0 Å². The molecule has 0 spiro atoms. The van der Waals surface area contributed by atoms with E-state index >= 15 is 0 Å². The molecule has 0 aliphatic heterocycles. The minimum atomic E-state index is -0.840. The van der Waals surface area contributed by atoms with Crippen molar-refractivity contribution >= 4 is 45.2 Å². The van der Waals surface area contributed by atoms with Crippen LogP contribution in [-0.2, 0) is 23.2 Å². The number of aromatic nitrogens is 1. The zero-order chi connectivity index (χ0) is 22.2. The Labute approximate surface area is 206 Å². The number of hydrogen-bond donors (Lipinski definition) is 0. The minimum Gasteiger partial charge on any atom is -0.130 e. The number of nitrogens with zero attached hydrogens (tertiary/aromatic N) is 1. The molecule has 6 rings (SSSR count). The van der Waals surface area contributed by atoms with E-state index in [-0.39, 0.29) is 0 Å². The first-order chi connectivity index (χ1) is 15.7. The van der Waals surface area contributed by atoms with E-state index in [1.54, 1.807) is 8.85 Å². The second kappa shape index (κ2) is 9.01. The molecule has 0 saturated carbocycles. The van der Waals surface area contributed by atoms with Crippen molar-refractivity contribution in [3.05, 3.63) is 104 Å². The molecule has 2 aliphatic carbocycles.